The molecule has 0 bridgehead atoms. The van der Waals surface area contributed by atoms with E-state index in [9.17, 15) is 4.79 Å². The Balaban J connectivity index is 3.24. The number of benzene rings is 1. The van der Waals surface area contributed by atoms with E-state index in [0.717, 1.165) is 0 Å². The number of hydrogen-bond acceptors (Lipinski definition) is 5. The first-order valence-electron chi connectivity index (χ1n) is 7.30. The van der Waals surface area contributed by atoms with E-state index >= 15 is 0 Å². The van der Waals surface area contributed by atoms with E-state index in [1.807, 2.05) is 20.8 Å². The van der Waals surface area contributed by atoms with Gasteiger partial charge in [-0.05, 0) is 46.8 Å². The molecule has 1 aromatic carbocycles. The van der Waals surface area contributed by atoms with Crippen LogP contribution in [0.15, 0.2) is 12.1 Å². The van der Waals surface area contributed by atoms with Crippen molar-refractivity contribution in [3.05, 3.63) is 17.7 Å². The molecule has 5 nitrogen and oxygen atoms in total. The van der Waals surface area contributed by atoms with Crippen LogP contribution >= 0.6 is 0 Å². The lowest BCUT2D eigenvalue weighted by atomic mass is 10.1. The molecule has 0 aliphatic rings. The summed E-state index contributed by atoms with van der Waals surface area (Å²) in [6, 6.07) is 3.25. The molecule has 1 rings (SSSR count). The summed E-state index contributed by atoms with van der Waals surface area (Å²) < 4.78 is 21.9. The Morgan fingerprint density at radius 3 is 1.81 bits per heavy atom. The Morgan fingerprint density at radius 1 is 0.952 bits per heavy atom. The predicted molar refractivity (Wildman–Crippen MR) is 80.5 cm³/mol. The molecule has 0 heterocycles. The lowest BCUT2D eigenvalue weighted by molar-refractivity contribution is 0.0376. The molecule has 118 valence electrons. The van der Waals surface area contributed by atoms with Crippen LogP contribution < -0.4 is 14.2 Å². The summed E-state index contributed by atoms with van der Waals surface area (Å²) in [6.45, 7) is 10.6. The summed E-state index contributed by atoms with van der Waals surface area (Å²) in [5.74, 6) is 1.08. The van der Waals surface area contributed by atoms with E-state index in [1.165, 1.54) is 0 Å². The van der Waals surface area contributed by atoms with Crippen LogP contribution in [-0.4, -0.2) is 31.9 Å². The first-order valence-corrected chi connectivity index (χ1v) is 7.30. The zero-order chi connectivity index (χ0) is 15.8. The molecule has 0 aliphatic carbocycles. The highest BCUT2D eigenvalue weighted by atomic mass is 16.5. The quantitative estimate of drug-likeness (QED) is 0.688. The standard InChI is InChI=1S/C16H24O5/c1-6-18-13-9-12(16(17)21-11(4)5)10-14(19-7-2)15(13)20-8-3/h9-11H,6-8H2,1-5H3. The van der Waals surface area contributed by atoms with E-state index in [4.69, 9.17) is 18.9 Å². The minimum absolute atomic E-state index is 0.185. The molecule has 0 aromatic heterocycles. The van der Waals surface area contributed by atoms with Crippen LogP contribution in [0.25, 0.3) is 0 Å². The van der Waals surface area contributed by atoms with Crippen molar-refractivity contribution in [2.45, 2.75) is 40.7 Å². The molecule has 0 unspecified atom stereocenters. The second kappa shape index (κ2) is 8.39. The molecule has 1 aromatic rings. The Morgan fingerprint density at radius 2 is 1.43 bits per heavy atom. The van der Waals surface area contributed by atoms with Crippen molar-refractivity contribution in [3.63, 3.8) is 0 Å². The maximum absolute atomic E-state index is 12.1. The van der Waals surface area contributed by atoms with Gasteiger partial charge in [0.15, 0.2) is 11.5 Å². The fourth-order valence-corrected chi connectivity index (χ4v) is 1.79. The van der Waals surface area contributed by atoms with E-state index in [-0.39, 0.29) is 6.10 Å². The molecule has 0 aliphatic heterocycles. The van der Waals surface area contributed by atoms with Crippen molar-refractivity contribution in [1.29, 1.82) is 0 Å². The smallest absolute Gasteiger partial charge is 0.338 e. The van der Waals surface area contributed by atoms with Gasteiger partial charge in [-0.15, -0.1) is 0 Å². The van der Waals surface area contributed by atoms with E-state index in [1.54, 1.807) is 26.0 Å². The second-order valence-corrected chi connectivity index (χ2v) is 4.55. The van der Waals surface area contributed by atoms with Crippen LogP contribution in [0, 0.1) is 0 Å². The van der Waals surface area contributed by atoms with Crippen molar-refractivity contribution >= 4 is 5.97 Å². The second-order valence-electron chi connectivity index (χ2n) is 4.55. The molecule has 0 N–H and O–H groups in total. The van der Waals surface area contributed by atoms with Gasteiger partial charge >= 0.3 is 5.97 Å². The van der Waals surface area contributed by atoms with Crippen LogP contribution in [0.1, 0.15) is 45.0 Å². The number of carbonyl (C=O) groups is 1. The van der Waals surface area contributed by atoms with E-state index in [0.29, 0.717) is 42.6 Å². The van der Waals surface area contributed by atoms with Gasteiger partial charge in [-0.25, -0.2) is 4.79 Å². The molecule has 5 heteroatoms. The molecule has 0 saturated heterocycles. The summed E-state index contributed by atoms with van der Waals surface area (Å²) in [5.41, 5.74) is 0.388. The number of rotatable bonds is 8. The number of hydrogen-bond donors (Lipinski definition) is 0. The predicted octanol–water partition coefficient (Wildman–Crippen LogP) is 3.45. The molecule has 0 saturated carbocycles. The van der Waals surface area contributed by atoms with Crippen LogP contribution in [0.5, 0.6) is 17.2 Å². The van der Waals surface area contributed by atoms with Crippen LogP contribution in [0.2, 0.25) is 0 Å². The largest absolute Gasteiger partial charge is 0.490 e. The maximum Gasteiger partial charge on any atom is 0.338 e. The van der Waals surface area contributed by atoms with Gasteiger partial charge < -0.3 is 18.9 Å². The highest BCUT2D eigenvalue weighted by Crippen LogP contribution is 2.39. The number of carbonyl (C=O) groups excluding carboxylic acids is 1. The fourth-order valence-electron chi connectivity index (χ4n) is 1.79. The van der Waals surface area contributed by atoms with E-state index in [2.05, 4.69) is 0 Å². The summed E-state index contributed by atoms with van der Waals surface area (Å²) in [5, 5.41) is 0. The van der Waals surface area contributed by atoms with Crippen molar-refractivity contribution in [2.24, 2.45) is 0 Å². The molecule has 0 fully saturated rings. The summed E-state index contributed by atoms with van der Waals surface area (Å²) in [7, 11) is 0. The van der Waals surface area contributed by atoms with Gasteiger partial charge in [0.2, 0.25) is 5.75 Å². The van der Waals surface area contributed by atoms with Crippen LogP contribution in [0.3, 0.4) is 0 Å². The van der Waals surface area contributed by atoms with E-state index < -0.39 is 5.97 Å². The summed E-state index contributed by atoms with van der Waals surface area (Å²) in [4.78, 5) is 12.1. The third-order valence-electron chi connectivity index (χ3n) is 2.49. The molecular weight excluding hydrogens is 272 g/mol. The third kappa shape index (κ3) is 4.85. The molecule has 0 radical (unpaired) electrons. The minimum atomic E-state index is -0.407. The summed E-state index contributed by atoms with van der Waals surface area (Å²) >= 11 is 0. The first-order chi connectivity index (χ1) is 10.0. The minimum Gasteiger partial charge on any atom is -0.490 e. The third-order valence-corrected chi connectivity index (χ3v) is 2.49. The summed E-state index contributed by atoms with van der Waals surface area (Å²) in [6.07, 6.45) is -0.185. The Labute approximate surface area is 126 Å². The average Bonchev–Trinajstić information content (AvgIpc) is 2.41. The Kier molecular flexibility index (Phi) is 6.85. The van der Waals surface area contributed by atoms with Crippen molar-refractivity contribution in [1.82, 2.24) is 0 Å². The lowest BCUT2D eigenvalue weighted by Gasteiger charge is -2.17. The Hall–Kier alpha value is -1.91. The molecular formula is C16H24O5. The number of ether oxygens (including phenoxy) is 4. The van der Waals surface area contributed by atoms with Crippen molar-refractivity contribution in [2.75, 3.05) is 19.8 Å². The van der Waals surface area contributed by atoms with Crippen LogP contribution in [-0.2, 0) is 4.74 Å². The highest BCUT2D eigenvalue weighted by molar-refractivity contribution is 5.91. The molecule has 0 spiro atoms. The molecule has 0 amide bonds. The zero-order valence-electron chi connectivity index (χ0n) is 13.4. The maximum atomic E-state index is 12.1. The van der Waals surface area contributed by atoms with Gasteiger partial charge in [0.05, 0.1) is 31.5 Å². The van der Waals surface area contributed by atoms with Crippen LogP contribution in [0.4, 0.5) is 0 Å². The van der Waals surface area contributed by atoms with Gasteiger partial charge in [0.1, 0.15) is 0 Å². The van der Waals surface area contributed by atoms with Gasteiger partial charge in [-0.1, -0.05) is 0 Å². The molecule has 21 heavy (non-hydrogen) atoms. The average molecular weight is 296 g/mol. The van der Waals surface area contributed by atoms with Gasteiger partial charge in [-0.2, -0.15) is 0 Å². The topological polar surface area (TPSA) is 54.0 Å². The lowest BCUT2D eigenvalue weighted by Crippen LogP contribution is -2.12. The monoisotopic (exact) mass is 296 g/mol. The van der Waals surface area contributed by atoms with Gasteiger partial charge in [-0.3, -0.25) is 0 Å². The van der Waals surface area contributed by atoms with Crippen molar-refractivity contribution in [3.8, 4) is 17.2 Å². The molecule has 0 atom stereocenters. The normalized spacial score (nSPS) is 10.4. The zero-order valence-corrected chi connectivity index (χ0v) is 13.4. The van der Waals surface area contributed by atoms with Gasteiger partial charge in [0, 0.05) is 0 Å². The van der Waals surface area contributed by atoms with Crippen molar-refractivity contribution < 1.29 is 23.7 Å². The highest BCUT2D eigenvalue weighted by Gasteiger charge is 2.19. The number of esters is 1. The fraction of sp³-hybridized carbons (Fsp3) is 0.562. The van der Waals surface area contributed by atoms with Gasteiger partial charge in [0.25, 0.3) is 0 Å². The SMILES string of the molecule is CCOc1cc(C(=O)OC(C)C)cc(OCC)c1OCC. The Bertz CT molecular complexity index is 441. The first kappa shape index (κ1) is 17.1.